The lowest BCUT2D eigenvalue weighted by molar-refractivity contribution is 0.0828. The van der Waals surface area contributed by atoms with Crippen molar-refractivity contribution in [3.63, 3.8) is 0 Å². The molecule has 2 rings (SSSR count). The van der Waals surface area contributed by atoms with Crippen molar-refractivity contribution in [1.82, 2.24) is 4.90 Å². The summed E-state index contributed by atoms with van der Waals surface area (Å²) in [4.78, 5) is 15.8. The first-order chi connectivity index (χ1) is 8.59. The topological polar surface area (TPSA) is 23.6 Å². The Bertz CT molecular complexity index is 439. The van der Waals surface area contributed by atoms with Crippen LogP contribution in [-0.2, 0) is 0 Å². The number of benzene rings is 1. The zero-order valence-electron chi connectivity index (χ0n) is 10.9. The Morgan fingerprint density at radius 2 is 1.89 bits per heavy atom. The van der Waals surface area contributed by atoms with Crippen LogP contribution in [0.2, 0.25) is 5.02 Å². The average Bonchev–Trinajstić information content (AvgIpc) is 2.38. The molecule has 0 unspecified atom stereocenters. The van der Waals surface area contributed by atoms with Crippen LogP contribution >= 0.6 is 11.6 Å². The third-order valence-electron chi connectivity index (χ3n) is 3.31. The Morgan fingerprint density at radius 3 is 2.44 bits per heavy atom. The molecule has 0 bridgehead atoms. The van der Waals surface area contributed by atoms with Crippen LogP contribution in [0.4, 0.5) is 5.69 Å². The highest BCUT2D eigenvalue weighted by molar-refractivity contribution is 6.34. The third kappa shape index (κ3) is 2.78. The van der Waals surface area contributed by atoms with E-state index in [1.54, 1.807) is 19.0 Å². The van der Waals surface area contributed by atoms with Crippen LogP contribution in [0.5, 0.6) is 0 Å². The van der Waals surface area contributed by atoms with Gasteiger partial charge in [-0.25, -0.2) is 0 Å². The molecule has 0 aliphatic carbocycles. The number of piperidine rings is 1. The predicted molar refractivity (Wildman–Crippen MR) is 75.5 cm³/mol. The number of hydrogen-bond acceptors (Lipinski definition) is 2. The Hall–Kier alpha value is -1.22. The molecule has 0 saturated carbocycles. The summed E-state index contributed by atoms with van der Waals surface area (Å²) in [5.41, 5.74) is 1.69. The largest absolute Gasteiger partial charge is 0.371 e. The summed E-state index contributed by atoms with van der Waals surface area (Å²) < 4.78 is 0. The second kappa shape index (κ2) is 5.61. The summed E-state index contributed by atoms with van der Waals surface area (Å²) >= 11 is 6.21. The molecule has 1 aromatic carbocycles. The van der Waals surface area contributed by atoms with Crippen molar-refractivity contribution >= 4 is 23.2 Å². The molecule has 1 aliphatic rings. The maximum Gasteiger partial charge on any atom is 0.254 e. The molecule has 1 fully saturated rings. The van der Waals surface area contributed by atoms with Gasteiger partial charge in [0.05, 0.1) is 10.6 Å². The predicted octanol–water partition coefficient (Wildman–Crippen LogP) is 3.03. The maximum atomic E-state index is 11.9. The van der Waals surface area contributed by atoms with Crippen LogP contribution in [0.25, 0.3) is 0 Å². The zero-order chi connectivity index (χ0) is 13.1. The Morgan fingerprint density at radius 1 is 1.22 bits per heavy atom. The van der Waals surface area contributed by atoms with Crippen LogP contribution < -0.4 is 4.90 Å². The number of halogens is 1. The molecule has 98 valence electrons. The van der Waals surface area contributed by atoms with Gasteiger partial charge in [0, 0.05) is 32.9 Å². The van der Waals surface area contributed by atoms with Crippen molar-refractivity contribution < 1.29 is 4.79 Å². The summed E-state index contributed by atoms with van der Waals surface area (Å²) in [7, 11) is 3.47. The molecular formula is C14H19ClN2O. The van der Waals surface area contributed by atoms with E-state index in [0.717, 1.165) is 18.8 Å². The third-order valence-corrected chi connectivity index (χ3v) is 3.62. The van der Waals surface area contributed by atoms with E-state index in [9.17, 15) is 4.79 Å². The van der Waals surface area contributed by atoms with Crippen molar-refractivity contribution in [2.45, 2.75) is 19.3 Å². The molecule has 3 nitrogen and oxygen atoms in total. The van der Waals surface area contributed by atoms with Crippen molar-refractivity contribution in [3.05, 3.63) is 28.8 Å². The van der Waals surface area contributed by atoms with Gasteiger partial charge in [-0.1, -0.05) is 11.6 Å². The van der Waals surface area contributed by atoms with Gasteiger partial charge in [-0.15, -0.1) is 0 Å². The summed E-state index contributed by atoms with van der Waals surface area (Å²) in [5.74, 6) is -0.0507. The van der Waals surface area contributed by atoms with Gasteiger partial charge in [-0.05, 0) is 37.5 Å². The van der Waals surface area contributed by atoms with Crippen LogP contribution in [0, 0.1) is 0 Å². The minimum Gasteiger partial charge on any atom is -0.371 e. The van der Waals surface area contributed by atoms with E-state index in [1.807, 2.05) is 18.2 Å². The Kier molecular flexibility index (Phi) is 4.12. The van der Waals surface area contributed by atoms with Crippen molar-refractivity contribution in [2.24, 2.45) is 0 Å². The molecule has 0 aromatic heterocycles. The smallest absolute Gasteiger partial charge is 0.254 e. The molecule has 0 radical (unpaired) electrons. The van der Waals surface area contributed by atoms with Gasteiger partial charge in [-0.3, -0.25) is 4.79 Å². The number of hydrogen-bond donors (Lipinski definition) is 0. The monoisotopic (exact) mass is 266 g/mol. The van der Waals surface area contributed by atoms with Gasteiger partial charge in [0.1, 0.15) is 0 Å². The standard InChI is InChI=1S/C14H19ClN2O/c1-16(2)14(18)12-7-6-11(10-13(12)15)17-8-4-3-5-9-17/h6-7,10H,3-5,8-9H2,1-2H3. The number of anilines is 1. The maximum absolute atomic E-state index is 11.9. The Labute approximate surface area is 113 Å². The summed E-state index contributed by atoms with van der Waals surface area (Å²) in [5, 5.41) is 0.539. The molecular weight excluding hydrogens is 248 g/mol. The van der Waals surface area contributed by atoms with Gasteiger partial charge in [0.2, 0.25) is 0 Å². The Balaban J connectivity index is 2.21. The molecule has 0 spiro atoms. The second-order valence-corrected chi connectivity index (χ2v) is 5.32. The molecule has 1 aromatic rings. The summed E-state index contributed by atoms with van der Waals surface area (Å²) in [6.07, 6.45) is 3.77. The number of rotatable bonds is 2. The highest BCUT2D eigenvalue weighted by atomic mass is 35.5. The number of carbonyl (C=O) groups excluding carboxylic acids is 1. The lowest BCUT2D eigenvalue weighted by Gasteiger charge is -2.29. The van der Waals surface area contributed by atoms with E-state index in [2.05, 4.69) is 4.90 Å². The van der Waals surface area contributed by atoms with Crippen molar-refractivity contribution in [1.29, 1.82) is 0 Å². The molecule has 1 amide bonds. The molecule has 0 N–H and O–H groups in total. The molecule has 4 heteroatoms. The zero-order valence-corrected chi connectivity index (χ0v) is 11.7. The highest BCUT2D eigenvalue weighted by Crippen LogP contribution is 2.26. The fourth-order valence-electron chi connectivity index (χ4n) is 2.27. The van der Waals surface area contributed by atoms with Gasteiger partial charge >= 0.3 is 0 Å². The molecule has 1 heterocycles. The summed E-state index contributed by atoms with van der Waals surface area (Å²) in [6.45, 7) is 2.16. The van der Waals surface area contributed by atoms with E-state index in [1.165, 1.54) is 19.3 Å². The minimum atomic E-state index is -0.0507. The first-order valence-corrected chi connectivity index (χ1v) is 6.73. The first-order valence-electron chi connectivity index (χ1n) is 6.36. The van der Waals surface area contributed by atoms with E-state index in [4.69, 9.17) is 11.6 Å². The lowest BCUT2D eigenvalue weighted by atomic mass is 10.1. The minimum absolute atomic E-state index is 0.0507. The lowest BCUT2D eigenvalue weighted by Crippen LogP contribution is -2.29. The van der Waals surface area contributed by atoms with Gasteiger partial charge in [0.25, 0.3) is 5.91 Å². The molecule has 1 saturated heterocycles. The number of nitrogens with zero attached hydrogens (tertiary/aromatic N) is 2. The van der Waals surface area contributed by atoms with E-state index in [-0.39, 0.29) is 5.91 Å². The van der Waals surface area contributed by atoms with E-state index < -0.39 is 0 Å². The fourth-order valence-corrected chi connectivity index (χ4v) is 2.52. The SMILES string of the molecule is CN(C)C(=O)c1ccc(N2CCCCC2)cc1Cl. The second-order valence-electron chi connectivity index (χ2n) is 4.91. The van der Waals surface area contributed by atoms with Gasteiger partial charge in [-0.2, -0.15) is 0 Å². The summed E-state index contributed by atoms with van der Waals surface area (Å²) in [6, 6.07) is 5.73. The van der Waals surface area contributed by atoms with Crippen molar-refractivity contribution in [3.8, 4) is 0 Å². The first kappa shape index (κ1) is 13.2. The van der Waals surface area contributed by atoms with Gasteiger partial charge in [0.15, 0.2) is 0 Å². The van der Waals surface area contributed by atoms with Crippen molar-refractivity contribution in [2.75, 3.05) is 32.1 Å². The van der Waals surface area contributed by atoms with E-state index >= 15 is 0 Å². The molecule has 1 aliphatic heterocycles. The number of carbonyl (C=O) groups is 1. The quantitative estimate of drug-likeness (QED) is 0.822. The van der Waals surface area contributed by atoms with Gasteiger partial charge < -0.3 is 9.80 Å². The molecule has 18 heavy (non-hydrogen) atoms. The normalized spacial score (nSPS) is 15.6. The number of amides is 1. The van der Waals surface area contributed by atoms with Crippen LogP contribution in [0.3, 0.4) is 0 Å². The van der Waals surface area contributed by atoms with Crippen LogP contribution in [-0.4, -0.2) is 38.0 Å². The van der Waals surface area contributed by atoms with Crippen LogP contribution in [0.1, 0.15) is 29.6 Å². The van der Waals surface area contributed by atoms with E-state index in [0.29, 0.717) is 10.6 Å². The average molecular weight is 267 g/mol. The highest BCUT2D eigenvalue weighted by Gasteiger charge is 2.16. The molecule has 0 atom stereocenters. The van der Waals surface area contributed by atoms with Crippen LogP contribution in [0.15, 0.2) is 18.2 Å². The fraction of sp³-hybridized carbons (Fsp3) is 0.500.